The van der Waals surface area contributed by atoms with Crippen molar-refractivity contribution in [2.45, 2.75) is 19.4 Å². The first-order chi connectivity index (χ1) is 21.6. The second-order valence-electron chi connectivity index (χ2n) is 9.79. The van der Waals surface area contributed by atoms with E-state index in [2.05, 4.69) is 5.32 Å². The Kier molecular flexibility index (Phi) is 8.67. The van der Waals surface area contributed by atoms with E-state index in [1.165, 1.54) is 54.6 Å². The lowest BCUT2D eigenvalue weighted by atomic mass is 9.82. The molecule has 0 fully saturated rings. The van der Waals surface area contributed by atoms with Gasteiger partial charge in [-0.25, -0.2) is 4.79 Å². The molecule has 14 heteroatoms. The van der Waals surface area contributed by atoms with Crippen LogP contribution in [0, 0.1) is 20.2 Å². The molecule has 1 aliphatic rings. The number of esters is 1. The first kappa shape index (κ1) is 30.6. The van der Waals surface area contributed by atoms with E-state index >= 15 is 0 Å². The van der Waals surface area contributed by atoms with Crippen molar-refractivity contribution in [2.75, 3.05) is 6.61 Å². The number of thiazole rings is 1. The number of nitro groups is 2. The van der Waals surface area contributed by atoms with Gasteiger partial charge in [0.2, 0.25) is 0 Å². The van der Waals surface area contributed by atoms with Crippen LogP contribution in [0.2, 0.25) is 0 Å². The van der Waals surface area contributed by atoms with E-state index in [0.29, 0.717) is 11.1 Å². The van der Waals surface area contributed by atoms with Gasteiger partial charge < -0.3 is 15.8 Å². The van der Waals surface area contributed by atoms with E-state index in [0.717, 1.165) is 21.5 Å². The number of hydrogen-bond acceptors (Lipinski definition) is 10. The maximum Gasteiger partial charge on any atom is 0.338 e. The molecule has 3 aromatic carbocycles. The van der Waals surface area contributed by atoms with Gasteiger partial charge in [0.15, 0.2) is 0 Å². The number of nitrogens with one attached hydrogen (secondary N) is 1. The standard InChI is InChI=1S/C31H25N5O8S/c1-2-44-31(39)25-24(20-10-14-22(15-11-20)36(42)43)26(28(37)33-17-19-6-4-3-5-7-19)30-34(27(25)32)29(38)23(45-30)16-18-8-12-21(13-9-18)35(40)41/h3-16,24H,2,17,32H2,1H3,(H,33,37)/b23-16-. The number of rotatable bonds is 9. The highest BCUT2D eigenvalue weighted by molar-refractivity contribution is 7.07. The molecule has 0 bridgehead atoms. The van der Waals surface area contributed by atoms with E-state index in [4.69, 9.17) is 10.5 Å². The minimum atomic E-state index is -1.15. The summed E-state index contributed by atoms with van der Waals surface area (Å²) in [5.74, 6) is -2.87. The van der Waals surface area contributed by atoms with Gasteiger partial charge >= 0.3 is 5.97 Å². The van der Waals surface area contributed by atoms with Crippen LogP contribution in [0.25, 0.3) is 17.5 Å². The van der Waals surface area contributed by atoms with Gasteiger partial charge in [-0.05, 0) is 41.8 Å². The van der Waals surface area contributed by atoms with E-state index in [9.17, 15) is 34.6 Å². The Morgan fingerprint density at radius 3 is 2.13 bits per heavy atom. The van der Waals surface area contributed by atoms with Crippen molar-refractivity contribution in [3.63, 3.8) is 0 Å². The predicted molar refractivity (Wildman–Crippen MR) is 166 cm³/mol. The number of amides is 1. The SMILES string of the molecule is CCOC(=O)C1=C(N)n2c(s/c(=C\c3ccc([N+](=O)[O-])cc3)c2=O)=C(C(=O)NCc2ccccc2)C1c1ccc([N+](=O)[O-])cc1. The molecule has 1 aromatic heterocycles. The molecule has 13 nitrogen and oxygen atoms in total. The maximum atomic E-state index is 14.1. The molecular formula is C31H25N5O8S. The lowest BCUT2D eigenvalue weighted by molar-refractivity contribution is -0.385. The van der Waals surface area contributed by atoms with Gasteiger partial charge in [0, 0.05) is 30.8 Å². The van der Waals surface area contributed by atoms with Crippen LogP contribution >= 0.6 is 11.3 Å². The molecule has 1 unspecified atom stereocenters. The smallest absolute Gasteiger partial charge is 0.338 e. The van der Waals surface area contributed by atoms with Crippen molar-refractivity contribution in [2.24, 2.45) is 5.73 Å². The van der Waals surface area contributed by atoms with Gasteiger partial charge in [-0.2, -0.15) is 0 Å². The molecule has 0 radical (unpaired) electrons. The molecular weight excluding hydrogens is 602 g/mol. The Hall–Kier alpha value is -5.89. The quantitative estimate of drug-likeness (QED) is 0.160. The fourth-order valence-corrected chi connectivity index (χ4v) is 6.09. The molecule has 5 rings (SSSR count). The summed E-state index contributed by atoms with van der Waals surface area (Å²) in [7, 11) is 0. The normalized spacial score (nSPS) is 14.6. The van der Waals surface area contributed by atoms with Crippen LogP contribution in [0.3, 0.4) is 0 Å². The van der Waals surface area contributed by atoms with Crippen LogP contribution < -0.4 is 25.8 Å². The van der Waals surface area contributed by atoms with Crippen molar-refractivity contribution < 1.29 is 24.2 Å². The van der Waals surface area contributed by atoms with Crippen LogP contribution in [-0.2, 0) is 20.9 Å². The molecule has 0 spiro atoms. The largest absolute Gasteiger partial charge is 0.463 e. The second-order valence-corrected chi connectivity index (χ2v) is 10.8. The van der Waals surface area contributed by atoms with Crippen molar-refractivity contribution >= 4 is 52.1 Å². The molecule has 4 aromatic rings. The van der Waals surface area contributed by atoms with Crippen LogP contribution in [0.4, 0.5) is 11.4 Å². The number of ether oxygens (including phenoxy) is 1. The number of hydrogen-bond donors (Lipinski definition) is 2. The lowest BCUT2D eigenvalue weighted by Gasteiger charge is -2.27. The zero-order valence-corrected chi connectivity index (χ0v) is 24.5. The number of carbonyl (C=O) groups is 2. The number of nitrogens with two attached hydrogens (primary N) is 1. The van der Waals surface area contributed by atoms with Crippen molar-refractivity contribution in [1.82, 2.24) is 9.88 Å². The Labute approximate surface area is 258 Å². The third-order valence-electron chi connectivity index (χ3n) is 7.02. The number of fused-ring (bicyclic) bond motifs is 1. The van der Waals surface area contributed by atoms with Gasteiger partial charge in [-0.3, -0.25) is 34.4 Å². The summed E-state index contributed by atoms with van der Waals surface area (Å²) in [5, 5.41) is 25.3. The maximum absolute atomic E-state index is 14.1. The Balaban J connectivity index is 1.77. The summed E-state index contributed by atoms with van der Waals surface area (Å²) in [6.07, 6.45) is 1.50. The van der Waals surface area contributed by atoms with Crippen molar-refractivity contribution in [1.29, 1.82) is 0 Å². The summed E-state index contributed by atoms with van der Waals surface area (Å²) in [6.45, 7) is 1.69. The first-order valence-corrected chi connectivity index (χ1v) is 14.4. The molecule has 228 valence electrons. The average molecular weight is 628 g/mol. The van der Waals surface area contributed by atoms with E-state index in [1.807, 2.05) is 30.3 Å². The highest BCUT2D eigenvalue weighted by atomic mass is 32.1. The molecule has 1 amide bonds. The van der Waals surface area contributed by atoms with Crippen LogP contribution in [0.15, 0.2) is 89.2 Å². The monoisotopic (exact) mass is 627 g/mol. The topological polar surface area (TPSA) is 190 Å². The number of carbonyl (C=O) groups excluding carboxylic acids is 2. The molecule has 0 saturated carbocycles. The van der Waals surface area contributed by atoms with Gasteiger partial charge in [-0.1, -0.05) is 42.5 Å². The third kappa shape index (κ3) is 6.12. The fourth-order valence-electron chi connectivity index (χ4n) is 4.92. The molecule has 1 atom stereocenters. The Morgan fingerprint density at radius 2 is 1.56 bits per heavy atom. The Bertz CT molecular complexity index is 2030. The molecule has 45 heavy (non-hydrogen) atoms. The van der Waals surface area contributed by atoms with E-state index < -0.39 is 33.2 Å². The fraction of sp³-hybridized carbons (Fsp3) is 0.129. The molecule has 3 N–H and O–H groups in total. The molecule has 0 saturated heterocycles. The summed E-state index contributed by atoms with van der Waals surface area (Å²) < 4.78 is 6.67. The molecule has 1 aliphatic heterocycles. The summed E-state index contributed by atoms with van der Waals surface area (Å²) >= 11 is 0.951. The van der Waals surface area contributed by atoms with Gasteiger partial charge in [0.1, 0.15) is 10.5 Å². The van der Waals surface area contributed by atoms with Crippen LogP contribution in [0.1, 0.15) is 29.5 Å². The minimum absolute atomic E-state index is 0.0162. The molecule has 2 heterocycles. The van der Waals surface area contributed by atoms with Gasteiger partial charge in [-0.15, -0.1) is 11.3 Å². The van der Waals surface area contributed by atoms with Gasteiger partial charge in [0.25, 0.3) is 22.8 Å². The predicted octanol–water partition coefficient (Wildman–Crippen LogP) is 2.51. The molecule has 0 aliphatic carbocycles. The minimum Gasteiger partial charge on any atom is -0.463 e. The van der Waals surface area contributed by atoms with E-state index in [-0.39, 0.29) is 50.7 Å². The zero-order chi connectivity index (χ0) is 32.2. The highest BCUT2D eigenvalue weighted by Crippen LogP contribution is 2.38. The highest BCUT2D eigenvalue weighted by Gasteiger charge is 2.39. The Morgan fingerprint density at radius 1 is 0.956 bits per heavy atom. The third-order valence-corrected chi connectivity index (χ3v) is 8.13. The summed E-state index contributed by atoms with van der Waals surface area (Å²) in [5.41, 5.74) is 7.02. The van der Waals surface area contributed by atoms with Crippen LogP contribution in [0.5, 0.6) is 0 Å². The number of benzene rings is 3. The van der Waals surface area contributed by atoms with Gasteiger partial charge in [0.05, 0.1) is 38.0 Å². The number of nitro benzene ring substituents is 2. The average Bonchev–Trinajstić information content (AvgIpc) is 3.35. The van der Waals surface area contributed by atoms with Crippen molar-refractivity contribution in [3.8, 4) is 0 Å². The summed E-state index contributed by atoms with van der Waals surface area (Å²) in [6, 6.07) is 20.0. The zero-order valence-electron chi connectivity index (χ0n) is 23.7. The van der Waals surface area contributed by atoms with Crippen LogP contribution in [-0.4, -0.2) is 32.9 Å². The number of nitrogens with zero attached hydrogens (tertiary/aromatic N) is 3. The lowest BCUT2D eigenvalue weighted by Crippen LogP contribution is -2.43. The van der Waals surface area contributed by atoms with E-state index in [1.54, 1.807) is 6.92 Å². The number of non-ortho nitro benzene ring substituents is 2. The summed E-state index contributed by atoms with van der Waals surface area (Å²) in [4.78, 5) is 62.6. The number of aromatic nitrogens is 1. The first-order valence-electron chi connectivity index (χ1n) is 13.6. The van der Waals surface area contributed by atoms with Crippen molar-refractivity contribution in [3.05, 3.63) is 141 Å². The second kappa shape index (κ2) is 12.8.